The first-order valence-electron chi connectivity index (χ1n) is 7.88. The zero-order valence-corrected chi connectivity index (χ0v) is 12.1. The van der Waals surface area contributed by atoms with E-state index in [4.69, 9.17) is 0 Å². The molecule has 0 unspecified atom stereocenters. The van der Waals surface area contributed by atoms with Crippen molar-refractivity contribution in [2.24, 2.45) is 5.92 Å². The van der Waals surface area contributed by atoms with Crippen molar-refractivity contribution in [1.82, 2.24) is 10.2 Å². The van der Waals surface area contributed by atoms with E-state index in [-0.39, 0.29) is 5.92 Å². The maximum absolute atomic E-state index is 12.1. The molecule has 1 aliphatic heterocycles. The topological polar surface area (TPSA) is 32.3 Å². The highest BCUT2D eigenvalue weighted by Crippen LogP contribution is 2.22. The van der Waals surface area contributed by atoms with Crippen molar-refractivity contribution in [2.75, 3.05) is 13.1 Å². The van der Waals surface area contributed by atoms with Crippen LogP contribution >= 0.6 is 0 Å². The second kappa shape index (κ2) is 6.40. The lowest BCUT2D eigenvalue weighted by atomic mass is 9.90. The normalized spacial score (nSPS) is 21.4. The monoisotopic (exact) mass is 272 g/mol. The molecule has 0 atom stereocenters. The van der Waals surface area contributed by atoms with Crippen LogP contribution in [0, 0.1) is 5.92 Å². The lowest BCUT2D eigenvalue weighted by molar-refractivity contribution is -0.127. The van der Waals surface area contributed by atoms with Crippen LogP contribution in [-0.2, 0) is 11.3 Å². The molecule has 1 amide bonds. The SMILES string of the molecule is O=C(NC1CCC1)C1CCN(Cc2ccccc2)CC1. The van der Waals surface area contributed by atoms with E-state index in [0.717, 1.165) is 32.5 Å². The second-order valence-electron chi connectivity index (χ2n) is 6.17. The van der Waals surface area contributed by atoms with Crippen LogP contribution in [0.15, 0.2) is 30.3 Å². The van der Waals surface area contributed by atoms with Gasteiger partial charge in [0.15, 0.2) is 0 Å². The van der Waals surface area contributed by atoms with Gasteiger partial charge in [0.2, 0.25) is 5.91 Å². The fourth-order valence-corrected chi connectivity index (χ4v) is 3.07. The zero-order valence-electron chi connectivity index (χ0n) is 12.1. The number of nitrogens with one attached hydrogen (secondary N) is 1. The highest BCUT2D eigenvalue weighted by Gasteiger charge is 2.27. The van der Waals surface area contributed by atoms with Gasteiger partial charge in [0.25, 0.3) is 0 Å². The van der Waals surface area contributed by atoms with E-state index in [0.29, 0.717) is 11.9 Å². The molecule has 1 saturated heterocycles. The molecule has 2 aliphatic rings. The first kappa shape index (κ1) is 13.6. The molecule has 20 heavy (non-hydrogen) atoms. The van der Waals surface area contributed by atoms with Gasteiger partial charge < -0.3 is 5.32 Å². The van der Waals surface area contributed by atoms with Gasteiger partial charge in [-0.25, -0.2) is 0 Å². The Labute approximate surface area is 121 Å². The van der Waals surface area contributed by atoms with E-state index < -0.39 is 0 Å². The van der Waals surface area contributed by atoms with Crippen LogP contribution in [-0.4, -0.2) is 29.9 Å². The number of hydrogen-bond acceptors (Lipinski definition) is 2. The van der Waals surface area contributed by atoms with Crippen molar-refractivity contribution in [2.45, 2.75) is 44.7 Å². The van der Waals surface area contributed by atoms with E-state index in [1.165, 1.54) is 24.8 Å². The molecule has 3 nitrogen and oxygen atoms in total. The highest BCUT2D eigenvalue weighted by molar-refractivity contribution is 5.79. The van der Waals surface area contributed by atoms with Gasteiger partial charge in [-0.1, -0.05) is 30.3 Å². The summed E-state index contributed by atoms with van der Waals surface area (Å²) in [6.07, 6.45) is 5.65. The van der Waals surface area contributed by atoms with Crippen LogP contribution in [0.1, 0.15) is 37.7 Å². The summed E-state index contributed by atoms with van der Waals surface area (Å²) in [5, 5.41) is 3.19. The minimum Gasteiger partial charge on any atom is -0.353 e. The molecule has 1 aromatic carbocycles. The van der Waals surface area contributed by atoms with Crippen LogP contribution in [0.2, 0.25) is 0 Å². The summed E-state index contributed by atoms with van der Waals surface area (Å²) in [4.78, 5) is 14.6. The molecule has 0 radical (unpaired) electrons. The number of hydrogen-bond donors (Lipinski definition) is 1. The van der Waals surface area contributed by atoms with E-state index in [9.17, 15) is 4.79 Å². The van der Waals surface area contributed by atoms with Crippen molar-refractivity contribution >= 4 is 5.91 Å². The molecule has 2 fully saturated rings. The molecule has 1 heterocycles. The van der Waals surface area contributed by atoms with Crippen LogP contribution < -0.4 is 5.32 Å². The van der Waals surface area contributed by atoms with E-state index in [1.54, 1.807) is 0 Å². The van der Waals surface area contributed by atoms with Gasteiger partial charge in [-0.15, -0.1) is 0 Å². The molecular formula is C17H24N2O. The Morgan fingerprint density at radius 1 is 1.10 bits per heavy atom. The van der Waals surface area contributed by atoms with Gasteiger partial charge in [0.1, 0.15) is 0 Å². The van der Waals surface area contributed by atoms with Crippen LogP contribution in [0.25, 0.3) is 0 Å². The standard InChI is InChI=1S/C17H24N2O/c20-17(18-16-7-4-8-16)15-9-11-19(12-10-15)13-14-5-2-1-3-6-14/h1-3,5-6,15-16H,4,7-13H2,(H,18,20). The Morgan fingerprint density at radius 3 is 2.40 bits per heavy atom. The minimum atomic E-state index is 0.239. The molecule has 0 spiro atoms. The Morgan fingerprint density at radius 2 is 1.80 bits per heavy atom. The lowest BCUT2D eigenvalue weighted by Gasteiger charge is -2.33. The highest BCUT2D eigenvalue weighted by atomic mass is 16.1. The summed E-state index contributed by atoms with van der Waals surface area (Å²) in [5.41, 5.74) is 1.37. The smallest absolute Gasteiger partial charge is 0.223 e. The molecule has 0 bridgehead atoms. The fraction of sp³-hybridized carbons (Fsp3) is 0.588. The van der Waals surface area contributed by atoms with Gasteiger partial charge in [-0.3, -0.25) is 9.69 Å². The first-order valence-corrected chi connectivity index (χ1v) is 7.88. The van der Waals surface area contributed by atoms with Gasteiger partial charge in [0, 0.05) is 18.5 Å². The van der Waals surface area contributed by atoms with Crippen molar-refractivity contribution in [1.29, 1.82) is 0 Å². The van der Waals surface area contributed by atoms with Crippen LogP contribution in [0.5, 0.6) is 0 Å². The maximum atomic E-state index is 12.1. The molecule has 0 aromatic heterocycles. The number of likely N-dealkylation sites (tertiary alicyclic amines) is 1. The summed E-state index contributed by atoms with van der Waals surface area (Å²) in [7, 11) is 0. The summed E-state index contributed by atoms with van der Waals surface area (Å²) >= 11 is 0. The van der Waals surface area contributed by atoms with Crippen molar-refractivity contribution in [3.63, 3.8) is 0 Å². The summed E-state index contributed by atoms with van der Waals surface area (Å²) < 4.78 is 0. The number of benzene rings is 1. The first-order chi connectivity index (χ1) is 9.81. The Hall–Kier alpha value is -1.35. The second-order valence-corrected chi connectivity index (χ2v) is 6.17. The Kier molecular flexibility index (Phi) is 4.36. The lowest BCUT2D eigenvalue weighted by Crippen LogP contribution is -2.45. The number of amides is 1. The predicted octanol–water partition coefficient (Wildman–Crippen LogP) is 2.57. The van der Waals surface area contributed by atoms with E-state index in [1.807, 2.05) is 0 Å². The quantitative estimate of drug-likeness (QED) is 0.913. The Balaban J connectivity index is 1.43. The third kappa shape index (κ3) is 3.40. The molecule has 1 N–H and O–H groups in total. The average molecular weight is 272 g/mol. The number of piperidine rings is 1. The number of nitrogens with zero attached hydrogens (tertiary/aromatic N) is 1. The van der Waals surface area contributed by atoms with Gasteiger partial charge in [-0.2, -0.15) is 0 Å². The largest absolute Gasteiger partial charge is 0.353 e. The van der Waals surface area contributed by atoms with Crippen LogP contribution in [0.3, 0.4) is 0 Å². The third-order valence-corrected chi connectivity index (χ3v) is 4.66. The molecule has 3 heteroatoms. The number of carbonyl (C=O) groups is 1. The van der Waals surface area contributed by atoms with Crippen molar-refractivity contribution in [3.8, 4) is 0 Å². The third-order valence-electron chi connectivity index (χ3n) is 4.66. The summed E-state index contributed by atoms with van der Waals surface area (Å²) in [6.45, 7) is 3.09. The predicted molar refractivity (Wildman–Crippen MR) is 80.2 cm³/mol. The molecular weight excluding hydrogens is 248 g/mol. The average Bonchev–Trinajstić information content (AvgIpc) is 2.44. The summed E-state index contributed by atoms with van der Waals surface area (Å²) in [5.74, 6) is 0.539. The number of rotatable bonds is 4. The fourth-order valence-electron chi connectivity index (χ4n) is 3.07. The maximum Gasteiger partial charge on any atom is 0.223 e. The molecule has 3 rings (SSSR count). The van der Waals surface area contributed by atoms with Crippen molar-refractivity contribution < 1.29 is 4.79 Å². The van der Waals surface area contributed by atoms with Crippen LogP contribution in [0.4, 0.5) is 0 Å². The number of carbonyl (C=O) groups excluding carboxylic acids is 1. The van der Waals surface area contributed by atoms with Gasteiger partial charge in [-0.05, 0) is 50.8 Å². The molecule has 1 aliphatic carbocycles. The molecule has 1 aromatic rings. The van der Waals surface area contributed by atoms with Gasteiger partial charge >= 0.3 is 0 Å². The minimum absolute atomic E-state index is 0.239. The van der Waals surface area contributed by atoms with Crippen molar-refractivity contribution in [3.05, 3.63) is 35.9 Å². The zero-order chi connectivity index (χ0) is 13.8. The van der Waals surface area contributed by atoms with Gasteiger partial charge in [0.05, 0.1) is 0 Å². The molecule has 108 valence electrons. The summed E-state index contributed by atoms with van der Waals surface area (Å²) in [6, 6.07) is 11.1. The molecule has 1 saturated carbocycles. The van der Waals surface area contributed by atoms with E-state index in [2.05, 4.69) is 40.5 Å². The Bertz CT molecular complexity index is 434. The van der Waals surface area contributed by atoms with E-state index >= 15 is 0 Å².